The van der Waals surface area contributed by atoms with Crippen LogP contribution in [-0.2, 0) is 4.74 Å². The summed E-state index contributed by atoms with van der Waals surface area (Å²) in [5, 5.41) is 0. The van der Waals surface area contributed by atoms with Crippen molar-refractivity contribution in [2.45, 2.75) is 52.1 Å². The standard InChI is InChI=1S/C14H21NO2/c1-3-5-6-9-13(4-2)17-14(16)12-8-7-10-15-11-12/h7-8,10-11,13H,3-6,9H2,1-2H3. The van der Waals surface area contributed by atoms with Gasteiger partial charge in [0.15, 0.2) is 0 Å². The molecule has 0 aliphatic rings. The van der Waals surface area contributed by atoms with Gasteiger partial charge in [0.2, 0.25) is 0 Å². The zero-order chi connectivity index (χ0) is 12.5. The van der Waals surface area contributed by atoms with E-state index < -0.39 is 0 Å². The van der Waals surface area contributed by atoms with Crippen LogP contribution in [0.25, 0.3) is 0 Å². The van der Waals surface area contributed by atoms with Crippen molar-refractivity contribution < 1.29 is 9.53 Å². The van der Waals surface area contributed by atoms with E-state index in [0.29, 0.717) is 5.56 Å². The second kappa shape index (κ2) is 7.82. The van der Waals surface area contributed by atoms with Gasteiger partial charge in [-0.25, -0.2) is 4.79 Å². The Bertz CT molecular complexity index is 324. The molecule has 94 valence electrons. The molecule has 17 heavy (non-hydrogen) atoms. The topological polar surface area (TPSA) is 39.2 Å². The zero-order valence-electron chi connectivity index (χ0n) is 10.7. The number of aromatic nitrogens is 1. The molecule has 1 rings (SSSR count). The molecule has 0 spiro atoms. The Labute approximate surface area is 103 Å². The smallest absolute Gasteiger partial charge is 0.339 e. The second-order valence-electron chi connectivity index (χ2n) is 4.17. The third-order valence-electron chi connectivity index (χ3n) is 2.76. The third kappa shape index (κ3) is 4.98. The minimum atomic E-state index is -0.263. The summed E-state index contributed by atoms with van der Waals surface area (Å²) in [4.78, 5) is 15.7. The molecule has 0 saturated carbocycles. The van der Waals surface area contributed by atoms with Gasteiger partial charge in [-0.15, -0.1) is 0 Å². The fourth-order valence-electron chi connectivity index (χ4n) is 1.67. The Hall–Kier alpha value is -1.38. The lowest BCUT2D eigenvalue weighted by Gasteiger charge is -2.15. The van der Waals surface area contributed by atoms with Crippen LogP contribution in [0.1, 0.15) is 56.3 Å². The maximum Gasteiger partial charge on any atom is 0.339 e. The summed E-state index contributed by atoms with van der Waals surface area (Å²) in [5.41, 5.74) is 0.529. The maximum absolute atomic E-state index is 11.8. The van der Waals surface area contributed by atoms with Crippen LogP contribution in [0.5, 0.6) is 0 Å². The molecule has 1 aromatic rings. The van der Waals surface area contributed by atoms with Gasteiger partial charge in [0, 0.05) is 12.4 Å². The van der Waals surface area contributed by atoms with Crippen LogP contribution in [0.3, 0.4) is 0 Å². The van der Waals surface area contributed by atoms with E-state index in [0.717, 1.165) is 19.3 Å². The molecular formula is C14H21NO2. The maximum atomic E-state index is 11.8. The minimum absolute atomic E-state index is 0.0363. The Morgan fingerprint density at radius 1 is 1.41 bits per heavy atom. The van der Waals surface area contributed by atoms with E-state index in [9.17, 15) is 4.79 Å². The fourth-order valence-corrected chi connectivity index (χ4v) is 1.67. The molecule has 0 aromatic carbocycles. The first-order valence-electron chi connectivity index (χ1n) is 6.39. The lowest BCUT2D eigenvalue weighted by atomic mass is 10.1. The molecule has 0 aliphatic carbocycles. The van der Waals surface area contributed by atoms with E-state index in [1.54, 1.807) is 24.5 Å². The summed E-state index contributed by atoms with van der Waals surface area (Å²) < 4.78 is 5.45. The molecule has 1 atom stereocenters. The molecule has 1 unspecified atom stereocenters. The number of hydrogen-bond donors (Lipinski definition) is 0. The van der Waals surface area contributed by atoms with E-state index in [2.05, 4.69) is 11.9 Å². The fraction of sp³-hybridized carbons (Fsp3) is 0.571. The average Bonchev–Trinajstić information content (AvgIpc) is 2.38. The molecule has 1 aromatic heterocycles. The molecule has 0 radical (unpaired) electrons. The lowest BCUT2D eigenvalue weighted by Crippen LogP contribution is -2.17. The summed E-state index contributed by atoms with van der Waals surface area (Å²) >= 11 is 0. The zero-order valence-corrected chi connectivity index (χ0v) is 10.7. The number of ether oxygens (including phenoxy) is 1. The van der Waals surface area contributed by atoms with Crippen LogP contribution < -0.4 is 0 Å². The molecule has 1 heterocycles. The van der Waals surface area contributed by atoms with Crippen LogP contribution in [-0.4, -0.2) is 17.1 Å². The number of esters is 1. The Morgan fingerprint density at radius 3 is 2.82 bits per heavy atom. The minimum Gasteiger partial charge on any atom is -0.459 e. The summed E-state index contributed by atoms with van der Waals surface area (Å²) in [5.74, 6) is -0.263. The van der Waals surface area contributed by atoms with Crippen LogP contribution >= 0.6 is 0 Å². The molecule has 3 heteroatoms. The number of carbonyl (C=O) groups is 1. The molecular weight excluding hydrogens is 214 g/mol. The summed E-state index contributed by atoms with van der Waals surface area (Å²) in [6.07, 6.45) is 8.56. The number of nitrogens with zero attached hydrogens (tertiary/aromatic N) is 1. The van der Waals surface area contributed by atoms with Gasteiger partial charge in [-0.05, 0) is 31.4 Å². The van der Waals surface area contributed by atoms with Gasteiger partial charge in [-0.1, -0.05) is 26.7 Å². The van der Waals surface area contributed by atoms with Gasteiger partial charge in [-0.2, -0.15) is 0 Å². The Morgan fingerprint density at radius 2 is 2.24 bits per heavy atom. The van der Waals surface area contributed by atoms with E-state index >= 15 is 0 Å². The van der Waals surface area contributed by atoms with E-state index in [-0.39, 0.29) is 12.1 Å². The predicted octanol–water partition coefficient (Wildman–Crippen LogP) is 3.60. The summed E-state index contributed by atoms with van der Waals surface area (Å²) in [6, 6.07) is 3.47. The van der Waals surface area contributed by atoms with Gasteiger partial charge in [0.05, 0.1) is 5.56 Å². The van der Waals surface area contributed by atoms with Crippen molar-refractivity contribution in [3.63, 3.8) is 0 Å². The van der Waals surface area contributed by atoms with Gasteiger partial charge in [-0.3, -0.25) is 4.98 Å². The van der Waals surface area contributed by atoms with Gasteiger partial charge >= 0.3 is 5.97 Å². The number of hydrogen-bond acceptors (Lipinski definition) is 3. The molecule has 0 N–H and O–H groups in total. The van der Waals surface area contributed by atoms with Gasteiger partial charge < -0.3 is 4.74 Å². The SMILES string of the molecule is CCCCCC(CC)OC(=O)c1cccnc1. The molecule has 0 aliphatic heterocycles. The van der Waals surface area contributed by atoms with Gasteiger partial charge in [0.25, 0.3) is 0 Å². The first kappa shape index (κ1) is 13.7. The van der Waals surface area contributed by atoms with Crippen LogP contribution in [0, 0.1) is 0 Å². The van der Waals surface area contributed by atoms with Crippen LogP contribution in [0.4, 0.5) is 0 Å². The summed E-state index contributed by atoms with van der Waals surface area (Å²) in [6.45, 7) is 4.22. The molecule has 3 nitrogen and oxygen atoms in total. The molecule has 0 saturated heterocycles. The average molecular weight is 235 g/mol. The monoisotopic (exact) mass is 235 g/mol. The first-order chi connectivity index (χ1) is 8.27. The van der Waals surface area contributed by atoms with Crippen molar-refractivity contribution in [2.24, 2.45) is 0 Å². The highest BCUT2D eigenvalue weighted by Gasteiger charge is 2.13. The van der Waals surface area contributed by atoms with Crippen molar-refractivity contribution in [1.29, 1.82) is 0 Å². The van der Waals surface area contributed by atoms with Crippen molar-refractivity contribution in [3.05, 3.63) is 30.1 Å². The highest BCUT2D eigenvalue weighted by atomic mass is 16.5. The van der Waals surface area contributed by atoms with Crippen molar-refractivity contribution >= 4 is 5.97 Å². The normalized spacial score (nSPS) is 12.1. The Kier molecular flexibility index (Phi) is 6.30. The molecule has 0 bridgehead atoms. The van der Waals surface area contributed by atoms with Gasteiger partial charge in [0.1, 0.15) is 6.10 Å². The van der Waals surface area contributed by atoms with Crippen molar-refractivity contribution in [1.82, 2.24) is 4.98 Å². The number of rotatable bonds is 7. The molecule has 0 fully saturated rings. The highest BCUT2D eigenvalue weighted by molar-refractivity contribution is 5.89. The third-order valence-corrected chi connectivity index (χ3v) is 2.76. The summed E-state index contributed by atoms with van der Waals surface area (Å²) in [7, 11) is 0. The Balaban J connectivity index is 2.42. The largest absolute Gasteiger partial charge is 0.459 e. The van der Waals surface area contributed by atoms with Crippen molar-refractivity contribution in [2.75, 3.05) is 0 Å². The van der Waals surface area contributed by atoms with E-state index in [1.165, 1.54) is 12.8 Å². The van der Waals surface area contributed by atoms with Crippen LogP contribution in [0.15, 0.2) is 24.5 Å². The number of carbonyl (C=O) groups excluding carboxylic acids is 1. The quantitative estimate of drug-likeness (QED) is 0.535. The predicted molar refractivity (Wildman–Crippen MR) is 67.9 cm³/mol. The number of pyridine rings is 1. The first-order valence-corrected chi connectivity index (χ1v) is 6.39. The van der Waals surface area contributed by atoms with E-state index in [1.807, 2.05) is 6.92 Å². The van der Waals surface area contributed by atoms with E-state index in [4.69, 9.17) is 4.74 Å². The highest BCUT2D eigenvalue weighted by Crippen LogP contribution is 2.12. The lowest BCUT2D eigenvalue weighted by molar-refractivity contribution is 0.0267. The van der Waals surface area contributed by atoms with Crippen LogP contribution in [0.2, 0.25) is 0 Å². The number of unbranched alkanes of at least 4 members (excludes halogenated alkanes) is 2. The second-order valence-corrected chi connectivity index (χ2v) is 4.17. The van der Waals surface area contributed by atoms with Crippen molar-refractivity contribution in [3.8, 4) is 0 Å². The molecule has 0 amide bonds.